The fourth-order valence-corrected chi connectivity index (χ4v) is 1.86. The topological polar surface area (TPSA) is 0 Å². The Labute approximate surface area is 94.7 Å². The zero-order valence-corrected chi connectivity index (χ0v) is 11.7. The first kappa shape index (κ1) is 12.1. The highest BCUT2D eigenvalue weighted by molar-refractivity contribution is 6.83. The van der Waals surface area contributed by atoms with Crippen LogP contribution >= 0.6 is 0 Å². The molecule has 80 valence electrons. The molecule has 0 spiro atoms. The van der Waals surface area contributed by atoms with Crippen LogP contribution < -0.4 is 0 Å². The van der Waals surface area contributed by atoms with Crippen LogP contribution in [0.2, 0.25) is 19.6 Å². The zero-order chi connectivity index (χ0) is 11.6. The first-order valence-corrected chi connectivity index (χ1v) is 8.90. The highest BCUT2D eigenvalue weighted by Gasteiger charge is 2.08. The van der Waals surface area contributed by atoms with E-state index >= 15 is 0 Å². The van der Waals surface area contributed by atoms with E-state index in [4.69, 9.17) is 0 Å². The summed E-state index contributed by atoms with van der Waals surface area (Å²) in [6.45, 7) is 13.3. The van der Waals surface area contributed by atoms with Gasteiger partial charge < -0.3 is 0 Å². The number of hydrogen-bond donors (Lipinski definition) is 0. The van der Waals surface area contributed by atoms with E-state index in [1.54, 1.807) is 0 Å². The molecule has 0 N–H and O–H groups in total. The van der Waals surface area contributed by atoms with Gasteiger partial charge in [-0.25, -0.2) is 0 Å². The summed E-state index contributed by atoms with van der Waals surface area (Å²) in [6.07, 6.45) is 0. The van der Waals surface area contributed by atoms with E-state index in [-0.39, 0.29) is 0 Å². The molecule has 0 amide bonds. The molecule has 0 saturated carbocycles. The van der Waals surface area contributed by atoms with Gasteiger partial charge >= 0.3 is 0 Å². The summed E-state index contributed by atoms with van der Waals surface area (Å²) in [5, 5.41) is 0. The van der Waals surface area contributed by atoms with Crippen LogP contribution in [0.25, 0.3) is 0 Å². The monoisotopic (exact) mass is 216 g/mol. The van der Waals surface area contributed by atoms with Crippen molar-refractivity contribution < 1.29 is 0 Å². The molecule has 0 nitrogen and oxygen atoms in total. The average Bonchev–Trinajstić information content (AvgIpc) is 2.07. The van der Waals surface area contributed by atoms with E-state index in [2.05, 4.69) is 64.0 Å². The first-order chi connectivity index (χ1) is 6.79. The van der Waals surface area contributed by atoms with Crippen molar-refractivity contribution in [3.63, 3.8) is 0 Å². The molecule has 0 aromatic heterocycles. The van der Waals surface area contributed by atoms with Gasteiger partial charge in [-0.3, -0.25) is 0 Å². The fourth-order valence-electron chi connectivity index (χ4n) is 1.35. The SMILES string of the molecule is Cc1cc(C)c(C#C[Si](C)(C)C)cc1C. The second kappa shape index (κ2) is 4.24. The van der Waals surface area contributed by atoms with Crippen LogP contribution in [-0.4, -0.2) is 8.07 Å². The Balaban J connectivity index is 3.15. The molecule has 0 aliphatic heterocycles. The van der Waals surface area contributed by atoms with Crippen molar-refractivity contribution >= 4 is 8.07 Å². The van der Waals surface area contributed by atoms with Crippen molar-refractivity contribution in [2.24, 2.45) is 0 Å². The maximum atomic E-state index is 3.41. The molecule has 1 aromatic rings. The lowest BCUT2D eigenvalue weighted by atomic mass is 10.0. The molecule has 0 unspecified atom stereocenters. The molecule has 1 rings (SSSR count). The quantitative estimate of drug-likeness (QED) is 0.456. The Morgan fingerprint density at radius 1 is 0.867 bits per heavy atom. The van der Waals surface area contributed by atoms with Crippen molar-refractivity contribution in [2.45, 2.75) is 40.4 Å². The summed E-state index contributed by atoms with van der Waals surface area (Å²) in [5.74, 6) is 3.33. The Bertz CT molecular complexity index is 425. The third-order valence-electron chi connectivity index (χ3n) is 2.41. The van der Waals surface area contributed by atoms with Crippen LogP contribution in [0.3, 0.4) is 0 Å². The predicted octanol–water partition coefficient (Wildman–Crippen LogP) is 3.84. The molecule has 0 saturated heterocycles. The van der Waals surface area contributed by atoms with E-state index in [0.717, 1.165) is 0 Å². The maximum Gasteiger partial charge on any atom is 0.129 e. The summed E-state index contributed by atoms with van der Waals surface area (Å²) in [5.41, 5.74) is 8.59. The molecule has 0 atom stereocenters. The number of benzene rings is 1. The third-order valence-corrected chi connectivity index (χ3v) is 3.29. The van der Waals surface area contributed by atoms with Gasteiger partial charge in [0.15, 0.2) is 0 Å². The first-order valence-electron chi connectivity index (χ1n) is 5.40. The summed E-state index contributed by atoms with van der Waals surface area (Å²) in [4.78, 5) is 0. The second-order valence-electron chi connectivity index (χ2n) is 5.25. The van der Waals surface area contributed by atoms with Gasteiger partial charge in [-0.2, -0.15) is 0 Å². The van der Waals surface area contributed by atoms with Gasteiger partial charge in [0.1, 0.15) is 8.07 Å². The van der Waals surface area contributed by atoms with Crippen LogP contribution in [0.5, 0.6) is 0 Å². The highest BCUT2D eigenvalue weighted by Crippen LogP contribution is 2.14. The van der Waals surface area contributed by atoms with Crippen molar-refractivity contribution in [3.8, 4) is 11.5 Å². The predicted molar refractivity (Wildman–Crippen MR) is 70.9 cm³/mol. The Morgan fingerprint density at radius 2 is 1.40 bits per heavy atom. The van der Waals surface area contributed by atoms with Crippen LogP contribution in [0.4, 0.5) is 0 Å². The van der Waals surface area contributed by atoms with Crippen LogP contribution in [0.15, 0.2) is 12.1 Å². The molecular formula is C14H20Si. The number of hydrogen-bond acceptors (Lipinski definition) is 0. The van der Waals surface area contributed by atoms with Crippen molar-refractivity contribution in [2.75, 3.05) is 0 Å². The zero-order valence-electron chi connectivity index (χ0n) is 10.7. The Hall–Kier alpha value is -1.00. The molecule has 0 aliphatic rings. The largest absolute Gasteiger partial charge is 0.129 e. The minimum atomic E-state index is -1.26. The smallest absolute Gasteiger partial charge is 0.127 e. The Morgan fingerprint density at radius 3 is 1.93 bits per heavy atom. The van der Waals surface area contributed by atoms with Gasteiger partial charge in [-0.1, -0.05) is 31.6 Å². The highest BCUT2D eigenvalue weighted by atomic mass is 28.3. The minimum Gasteiger partial charge on any atom is -0.127 e. The lowest BCUT2D eigenvalue weighted by Crippen LogP contribution is -2.16. The van der Waals surface area contributed by atoms with Crippen LogP contribution in [0.1, 0.15) is 22.3 Å². The summed E-state index contributed by atoms with van der Waals surface area (Å²) in [6, 6.07) is 4.43. The molecule has 0 bridgehead atoms. The van der Waals surface area contributed by atoms with Gasteiger partial charge in [-0.15, -0.1) is 5.54 Å². The van der Waals surface area contributed by atoms with Crippen LogP contribution in [0, 0.1) is 32.2 Å². The van der Waals surface area contributed by atoms with Crippen LogP contribution in [-0.2, 0) is 0 Å². The van der Waals surface area contributed by atoms with Crippen molar-refractivity contribution in [1.82, 2.24) is 0 Å². The average molecular weight is 216 g/mol. The molecule has 0 fully saturated rings. The van der Waals surface area contributed by atoms with E-state index < -0.39 is 8.07 Å². The standard InChI is InChI=1S/C14H20Si/c1-11-9-13(3)14(10-12(11)2)7-8-15(4,5)6/h9-10H,1-6H3. The van der Waals surface area contributed by atoms with Gasteiger partial charge in [-0.05, 0) is 43.5 Å². The summed E-state index contributed by atoms with van der Waals surface area (Å²) >= 11 is 0. The van der Waals surface area contributed by atoms with E-state index in [9.17, 15) is 0 Å². The van der Waals surface area contributed by atoms with E-state index in [0.29, 0.717) is 0 Å². The molecule has 0 aliphatic carbocycles. The molecule has 1 aromatic carbocycles. The summed E-state index contributed by atoms with van der Waals surface area (Å²) in [7, 11) is -1.26. The minimum absolute atomic E-state index is 1.19. The Kier molecular flexibility index (Phi) is 3.41. The van der Waals surface area contributed by atoms with Gasteiger partial charge in [0.25, 0.3) is 0 Å². The third kappa shape index (κ3) is 3.57. The van der Waals surface area contributed by atoms with Gasteiger partial charge in [0, 0.05) is 5.56 Å². The maximum absolute atomic E-state index is 3.41. The van der Waals surface area contributed by atoms with E-state index in [1.807, 2.05) is 0 Å². The van der Waals surface area contributed by atoms with Gasteiger partial charge in [0.2, 0.25) is 0 Å². The lowest BCUT2D eigenvalue weighted by molar-refractivity contribution is 1.28. The molecule has 0 heterocycles. The van der Waals surface area contributed by atoms with Crippen molar-refractivity contribution in [3.05, 3.63) is 34.4 Å². The molecule has 1 heteroatoms. The lowest BCUT2D eigenvalue weighted by Gasteiger charge is -2.06. The second-order valence-corrected chi connectivity index (χ2v) is 10.0. The molecular weight excluding hydrogens is 196 g/mol. The van der Waals surface area contributed by atoms with Crippen molar-refractivity contribution in [1.29, 1.82) is 0 Å². The molecule has 15 heavy (non-hydrogen) atoms. The van der Waals surface area contributed by atoms with Gasteiger partial charge in [0.05, 0.1) is 0 Å². The van der Waals surface area contributed by atoms with E-state index in [1.165, 1.54) is 22.3 Å². The number of rotatable bonds is 0. The fraction of sp³-hybridized carbons (Fsp3) is 0.429. The molecule has 0 radical (unpaired) electrons. The number of aryl methyl sites for hydroxylation is 3. The normalized spacial score (nSPS) is 10.8. The summed E-state index contributed by atoms with van der Waals surface area (Å²) < 4.78 is 0.